The van der Waals surface area contributed by atoms with Gasteiger partial charge in [-0.25, -0.2) is 0 Å². The highest BCUT2D eigenvalue weighted by molar-refractivity contribution is 5.93. The van der Waals surface area contributed by atoms with Crippen LogP contribution in [0.4, 0.5) is 13.2 Å². The van der Waals surface area contributed by atoms with Crippen molar-refractivity contribution in [3.63, 3.8) is 0 Å². The molecule has 28 heavy (non-hydrogen) atoms. The lowest BCUT2D eigenvalue weighted by atomic mass is 10.1. The number of aromatic amines is 1. The number of rotatable bonds is 4. The number of halogens is 3. The summed E-state index contributed by atoms with van der Waals surface area (Å²) < 4.78 is 41.2. The third-order valence-corrected chi connectivity index (χ3v) is 4.65. The van der Waals surface area contributed by atoms with Crippen LogP contribution in [0.5, 0.6) is 0 Å². The second-order valence-corrected chi connectivity index (χ2v) is 6.65. The standard InChI is InChI=1S/C19H20F3N5O/c1-11-17(12(2)27(4)25-11)15-9-16(24-23-15)18(28)26(3)10-13-7-5-6-8-14(13)19(20,21)22/h5-9H,10H2,1-4H3,(H,23,24). The third kappa shape index (κ3) is 3.64. The van der Waals surface area contributed by atoms with Gasteiger partial charge in [0.25, 0.3) is 5.91 Å². The summed E-state index contributed by atoms with van der Waals surface area (Å²) in [6.07, 6.45) is -4.48. The number of hydrogen-bond acceptors (Lipinski definition) is 3. The van der Waals surface area contributed by atoms with Gasteiger partial charge >= 0.3 is 6.18 Å². The predicted octanol–water partition coefficient (Wildman–Crippen LogP) is 3.72. The second kappa shape index (κ2) is 7.14. The van der Waals surface area contributed by atoms with Crippen LogP contribution < -0.4 is 0 Å². The Labute approximate surface area is 160 Å². The minimum atomic E-state index is -4.48. The lowest BCUT2D eigenvalue weighted by molar-refractivity contribution is -0.138. The molecular weight excluding hydrogens is 371 g/mol. The molecule has 6 nitrogen and oxygen atoms in total. The fourth-order valence-corrected chi connectivity index (χ4v) is 3.17. The first-order chi connectivity index (χ1) is 13.1. The molecule has 0 unspecified atom stereocenters. The van der Waals surface area contributed by atoms with Crippen molar-refractivity contribution in [2.75, 3.05) is 7.05 Å². The second-order valence-electron chi connectivity index (χ2n) is 6.65. The van der Waals surface area contributed by atoms with E-state index in [2.05, 4.69) is 15.3 Å². The fourth-order valence-electron chi connectivity index (χ4n) is 3.17. The molecule has 2 aromatic heterocycles. The molecule has 3 rings (SSSR count). The van der Waals surface area contributed by atoms with Gasteiger partial charge in [0, 0.05) is 31.9 Å². The van der Waals surface area contributed by atoms with E-state index in [0.717, 1.165) is 23.0 Å². The number of benzene rings is 1. The van der Waals surface area contributed by atoms with Crippen molar-refractivity contribution in [3.8, 4) is 11.3 Å². The Morgan fingerprint density at radius 2 is 1.93 bits per heavy atom. The van der Waals surface area contributed by atoms with E-state index in [1.807, 2.05) is 20.9 Å². The Balaban J connectivity index is 1.83. The average Bonchev–Trinajstić information content (AvgIpc) is 3.18. The summed E-state index contributed by atoms with van der Waals surface area (Å²) in [4.78, 5) is 13.9. The lowest BCUT2D eigenvalue weighted by Crippen LogP contribution is -2.27. The van der Waals surface area contributed by atoms with Gasteiger partial charge in [0.05, 0.1) is 17.0 Å². The molecule has 0 aliphatic carbocycles. The van der Waals surface area contributed by atoms with Crippen molar-refractivity contribution in [2.24, 2.45) is 7.05 Å². The largest absolute Gasteiger partial charge is 0.416 e. The van der Waals surface area contributed by atoms with Gasteiger partial charge < -0.3 is 4.90 Å². The number of aromatic nitrogens is 4. The monoisotopic (exact) mass is 391 g/mol. The molecular formula is C19H20F3N5O. The summed E-state index contributed by atoms with van der Waals surface area (Å²) in [6.45, 7) is 3.57. The maximum absolute atomic E-state index is 13.2. The number of carbonyl (C=O) groups excluding carboxylic acids is 1. The predicted molar refractivity (Wildman–Crippen MR) is 97.5 cm³/mol. The molecule has 0 saturated heterocycles. The molecule has 148 valence electrons. The number of amides is 1. The Kier molecular flexibility index (Phi) is 5.01. The summed E-state index contributed by atoms with van der Waals surface area (Å²) in [5, 5.41) is 11.2. The van der Waals surface area contributed by atoms with E-state index in [0.29, 0.717) is 5.69 Å². The fraction of sp³-hybridized carbons (Fsp3) is 0.316. The highest BCUT2D eigenvalue weighted by atomic mass is 19.4. The van der Waals surface area contributed by atoms with Crippen LogP contribution in [0.15, 0.2) is 30.3 Å². The maximum Gasteiger partial charge on any atom is 0.416 e. The molecule has 0 saturated carbocycles. The minimum absolute atomic E-state index is 0.0320. The number of nitrogens with zero attached hydrogens (tertiary/aromatic N) is 4. The zero-order valence-corrected chi connectivity index (χ0v) is 15.9. The van der Waals surface area contributed by atoms with E-state index < -0.39 is 17.6 Å². The highest BCUT2D eigenvalue weighted by Crippen LogP contribution is 2.32. The summed E-state index contributed by atoms with van der Waals surface area (Å²) >= 11 is 0. The summed E-state index contributed by atoms with van der Waals surface area (Å²) in [5.41, 5.74) is 2.54. The first kappa shape index (κ1) is 19.7. The number of nitrogens with one attached hydrogen (secondary N) is 1. The number of alkyl halides is 3. The van der Waals surface area contributed by atoms with Crippen LogP contribution in [0, 0.1) is 13.8 Å². The molecule has 1 amide bonds. The number of H-pyrrole nitrogens is 1. The number of carbonyl (C=O) groups is 1. The van der Waals surface area contributed by atoms with Crippen LogP contribution >= 0.6 is 0 Å². The van der Waals surface area contributed by atoms with Crippen molar-refractivity contribution in [2.45, 2.75) is 26.6 Å². The van der Waals surface area contributed by atoms with E-state index in [9.17, 15) is 18.0 Å². The van der Waals surface area contributed by atoms with Crippen molar-refractivity contribution in [1.82, 2.24) is 24.9 Å². The Morgan fingerprint density at radius 1 is 1.25 bits per heavy atom. The van der Waals surface area contributed by atoms with Crippen LogP contribution in [0.25, 0.3) is 11.3 Å². The average molecular weight is 391 g/mol. The molecule has 1 N–H and O–H groups in total. The molecule has 2 heterocycles. The van der Waals surface area contributed by atoms with E-state index in [4.69, 9.17) is 0 Å². The SMILES string of the molecule is Cc1nn(C)c(C)c1-c1cc(C(=O)N(C)Cc2ccccc2C(F)(F)F)[nH]n1. The Morgan fingerprint density at radius 3 is 2.54 bits per heavy atom. The molecule has 9 heteroatoms. The zero-order valence-electron chi connectivity index (χ0n) is 15.9. The van der Waals surface area contributed by atoms with E-state index in [-0.39, 0.29) is 17.8 Å². The molecule has 0 aliphatic rings. The van der Waals surface area contributed by atoms with Gasteiger partial charge in [-0.05, 0) is 31.5 Å². The van der Waals surface area contributed by atoms with Crippen LogP contribution in [0.2, 0.25) is 0 Å². The molecule has 0 spiro atoms. The number of aryl methyl sites for hydroxylation is 2. The van der Waals surface area contributed by atoms with Gasteiger partial charge in [0.1, 0.15) is 5.69 Å². The molecule has 0 atom stereocenters. The quantitative estimate of drug-likeness (QED) is 0.737. The van der Waals surface area contributed by atoms with Crippen molar-refractivity contribution in [1.29, 1.82) is 0 Å². The smallest absolute Gasteiger partial charge is 0.336 e. The minimum Gasteiger partial charge on any atom is -0.336 e. The molecule has 3 aromatic rings. The van der Waals surface area contributed by atoms with Crippen LogP contribution in [-0.2, 0) is 19.8 Å². The van der Waals surface area contributed by atoms with Gasteiger partial charge in [-0.1, -0.05) is 18.2 Å². The van der Waals surface area contributed by atoms with Gasteiger partial charge in [0.15, 0.2) is 0 Å². The van der Waals surface area contributed by atoms with Gasteiger partial charge in [-0.15, -0.1) is 0 Å². The zero-order chi connectivity index (χ0) is 20.6. The Bertz CT molecular complexity index is 1020. The molecule has 0 bridgehead atoms. The molecule has 0 radical (unpaired) electrons. The summed E-state index contributed by atoms with van der Waals surface area (Å²) in [6, 6.07) is 6.81. The third-order valence-electron chi connectivity index (χ3n) is 4.65. The van der Waals surface area contributed by atoms with E-state index >= 15 is 0 Å². The van der Waals surface area contributed by atoms with E-state index in [1.54, 1.807) is 10.7 Å². The topological polar surface area (TPSA) is 66.8 Å². The molecule has 1 aromatic carbocycles. The highest BCUT2D eigenvalue weighted by Gasteiger charge is 2.33. The van der Waals surface area contributed by atoms with Gasteiger partial charge in [-0.2, -0.15) is 23.4 Å². The van der Waals surface area contributed by atoms with Crippen molar-refractivity contribution in [3.05, 3.63) is 58.5 Å². The van der Waals surface area contributed by atoms with Crippen LogP contribution in [-0.4, -0.2) is 37.8 Å². The Hall–Kier alpha value is -3.10. The molecule has 0 aliphatic heterocycles. The van der Waals surface area contributed by atoms with Crippen LogP contribution in [0.1, 0.15) is 33.0 Å². The summed E-state index contributed by atoms with van der Waals surface area (Å²) in [7, 11) is 3.27. The van der Waals surface area contributed by atoms with Crippen molar-refractivity contribution >= 4 is 5.91 Å². The summed E-state index contributed by atoms with van der Waals surface area (Å²) in [5.74, 6) is -0.449. The first-order valence-electron chi connectivity index (χ1n) is 8.56. The van der Waals surface area contributed by atoms with Gasteiger partial charge in [-0.3, -0.25) is 14.6 Å². The normalized spacial score (nSPS) is 11.7. The number of hydrogen-bond donors (Lipinski definition) is 1. The van der Waals surface area contributed by atoms with Crippen LogP contribution in [0.3, 0.4) is 0 Å². The van der Waals surface area contributed by atoms with E-state index in [1.165, 1.54) is 30.1 Å². The van der Waals surface area contributed by atoms with Crippen molar-refractivity contribution < 1.29 is 18.0 Å². The van der Waals surface area contributed by atoms with Gasteiger partial charge in [0.2, 0.25) is 0 Å². The lowest BCUT2D eigenvalue weighted by Gasteiger charge is -2.19. The first-order valence-corrected chi connectivity index (χ1v) is 8.56. The maximum atomic E-state index is 13.2. The molecule has 0 fully saturated rings.